The Bertz CT molecular complexity index is 1260. The largest absolute Gasteiger partial charge is 0.313 e. The van der Waals surface area contributed by atoms with E-state index in [-0.39, 0.29) is 11.7 Å². The Balaban J connectivity index is 1.68. The monoisotopic (exact) mass is 371 g/mol. The molecule has 4 aromatic heterocycles. The molecule has 4 aromatic rings. The zero-order chi connectivity index (χ0) is 19.3. The third-order valence-electron chi connectivity index (χ3n) is 5.16. The first-order chi connectivity index (χ1) is 13.7. The second-order valence-corrected chi connectivity index (χ2v) is 7.09. The van der Waals surface area contributed by atoms with Crippen molar-refractivity contribution < 1.29 is 9.59 Å². The Kier molecular flexibility index (Phi) is 3.68. The van der Waals surface area contributed by atoms with E-state index in [0.29, 0.717) is 17.9 Å². The van der Waals surface area contributed by atoms with Crippen molar-refractivity contribution in [2.45, 2.75) is 19.8 Å². The molecule has 0 bridgehead atoms. The van der Waals surface area contributed by atoms with Crippen LogP contribution in [0.15, 0.2) is 43.0 Å². The second-order valence-electron chi connectivity index (χ2n) is 7.09. The van der Waals surface area contributed by atoms with Crippen molar-refractivity contribution in [3.8, 4) is 11.1 Å². The first-order valence-electron chi connectivity index (χ1n) is 9.13. The highest BCUT2D eigenvalue weighted by molar-refractivity contribution is 5.99. The minimum absolute atomic E-state index is 0.138. The average Bonchev–Trinajstić information content (AvgIpc) is 3.43. The number of carbonyl (C=O) groups excluding carboxylic acids is 2. The lowest BCUT2D eigenvalue weighted by atomic mass is 10.0. The second kappa shape index (κ2) is 6.23. The fourth-order valence-electron chi connectivity index (χ4n) is 3.56. The van der Waals surface area contributed by atoms with E-state index in [4.69, 9.17) is 0 Å². The van der Waals surface area contributed by atoms with Gasteiger partial charge in [0.15, 0.2) is 5.78 Å². The summed E-state index contributed by atoms with van der Waals surface area (Å²) in [5, 5.41) is 3.49. The minimum atomic E-state index is 0.138. The van der Waals surface area contributed by atoms with E-state index in [0.717, 1.165) is 46.1 Å². The fraction of sp³-hybridized carbons (Fsp3) is 0.190. The molecular weight excluding hydrogens is 354 g/mol. The molecule has 7 heteroatoms. The summed E-state index contributed by atoms with van der Waals surface area (Å²) >= 11 is 0. The average molecular weight is 371 g/mol. The number of ketones is 1. The van der Waals surface area contributed by atoms with E-state index < -0.39 is 0 Å². The smallest absolute Gasteiger partial charge is 0.212 e. The van der Waals surface area contributed by atoms with Crippen LogP contribution in [0, 0.1) is 12.8 Å². The topological polar surface area (TPSA) is 89.2 Å². The Morgan fingerprint density at radius 1 is 1.14 bits per heavy atom. The van der Waals surface area contributed by atoms with Crippen molar-refractivity contribution in [1.82, 2.24) is 19.4 Å². The van der Waals surface area contributed by atoms with Crippen LogP contribution in [0.2, 0.25) is 0 Å². The van der Waals surface area contributed by atoms with E-state index in [1.807, 2.05) is 35.7 Å². The number of aryl methyl sites for hydroxylation is 1. The number of rotatable bonds is 5. The number of carbonyl (C=O) groups is 2. The predicted octanol–water partition coefficient (Wildman–Crippen LogP) is 3.41. The molecule has 1 aliphatic rings. The van der Waals surface area contributed by atoms with Crippen molar-refractivity contribution in [3.63, 3.8) is 0 Å². The number of nitrogens with one attached hydrogen (secondary N) is 1. The van der Waals surface area contributed by atoms with Gasteiger partial charge in [-0.2, -0.15) is 0 Å². The van der Waals surface area contributed by atoms with Gasteiger partial charge in [-0.1, -0.05) is 0 Å². The van der Waals surface area contributed by atoms with Crippen LogP contribution in [0.1, 0.15) is 28.9 Å². The summed E-state index contributed by atoms with van der Waals surface area (Å²) in [7, 11) is 0. The van der Waals surface area contributed by atoms with E-state index in [1.165, 1.54) is 0 Å². The van der Waals surface area contributed by atoms with Crippen molar-refractivity contribution in [3.05, 3.63) is 54.2 Å². The van der Waals surface area contributed by atoms with Crippen molar-refractivity contribution in [2.24, 2.45) is 5.92 Å². The van der Waals surface area contributed by atoms with Gasteiger partial charge in [-0.3, -0.25) is 19.0 Å². The molecule has 0 atom stereocenters. The Morgan fingerprint density at radius 3 is 2.75 bits per heavy atom. The lowest BCUT2D eigenvalue weighted by Crippen LogP contribution is -2.05. The number of anilines is 1. The number of fused-ring (bicyclic) bond motifs is 3. The Hall–Kier alpha value is -3.61. The van der Waals surface area contributed by atoms with Crippen LogP contribution in [0.25, 0.3) is 27.7 Å². The van der Waals surface area contributed by atoms with Gasteiger partial charge in [0.05, 0.1) is 5.52 Å². The zero-order valence-corrected chi connectivity index (χ0v) is 15.2. The van der Waals surface area contributed by atoms with Crippen LogP contribution in [0.3, 0.4) is 0 Å². The highest BCUT2D eigenvalue weighted by atomic mass is 16.1. The fourth-order valence-corrected chi connectivity index (χ4v) is 3.56. The van der Waals surface area contributed by atoms with Crippen molar-refractivity contribution >= 4 is 34.6 Å². The molecule has 28 heavy (non-hydrogen) atoms. The molecule has 1 aliphatic carbocycles. The SMILES string of the molecule is Cc1cc(C(=O)C2CC2)ncc1-c1cc2cnc(NC=O)cc2n2ccnc12. The van der Waals surface area contributed by atoms with E-state index >= 15 is 0 Å². The molecule has 7 nitrogen and oxygen atoms in total. The maximum Gasteiger partial charge on any atom is 0.212 e. The number of hydrogen-bond acceptors (Lipinski definition) is 5. The van der Waals surface area contributed by atoms with Gasteiger partial charge in [-0.05, 0) is 37.5 Å². The lowest BCUT2D eigenvalue weighted by Gasteiger charge is -2.12. The number of hydrogen-bond donors (Lipinski definition) is 1. The number of amides is 1. The van der Waals surface area contributed by atoms with Gasteiger partial charge in [-0.25, -0.2) is 9.97 Å². The van der Waals surface area contributed by atoms with Crippen LogP contribution in [-0.2, 0) is 4.79 Å². The van der Waals surface area contributed by atoms with Gasteiger partial charge in [-0.15, -0.1) is 0 Å². The molecule has 1 fully saturated rings. The number of pyridine rings is 3. The summed E-state index contributed by atoms with van der Waals surface area (Å²) in [6.07, 6.45) is 9.63. The first-order valence-corrected chi connectivity index (χ1v) is 9.13. The summed E-state index contributed by atoms with van der Waals surface area (Å²) in [5.74, 6) is 0.766. The molecular formula is C21H17N5O2. The number of imidazole rings is 1. The highest BCUT2D eigenvalue weighted by Gasteiger charge is 2.31. The Morgan fingerprint density at radius 2 is 2.00 bits per heavy atom. The molecule has 1 saturated carbocycles. The molecule has 0 spiro atoms. The van der Waals surface area contributed by atoms with Gasteiger partial charge in [0, 0.05) is 53.3 Å². The van der Waals surface area contributed by atoms with Gasteiger partial charge < -0.3 is 5.32 Å². The minimum Gasteiger partial charge on any atom is -0.313 e. The zero-order valence-electron chi connectivity index (χ0n) is 15.2. The van der Waals surface area contributed by atoms with Crippen LogP contribution in [0.5, 0.6) is 0 Å². The number of aromatic nitrogens is 4. The lowest BCUT2D eigenvalue weighted by molar-refractivity contribution is -0.105. The molecule has 1 amide bonds. The third-order valence-corrected chi connectivity index (χ3v) is 5.16. The summed E-state index contributed by atoms with van der Waals surface area (Å²) in [6.45, 7) is 1.99. The van der Waals surface area contributed by atoms with Crippen LogP contribution in [-0.4, -0.2) is 31.5 Å². The van der Waals surface area contributed by atoms with Crippen molar-refractivity contribution in [2.75, 3.05) is 5.32 Å². The summed E-state index contributed by atoms with van der Waals surface area (Å²) in [6, 6.07) is 5.70. The molecule has 5 rings (SSSR count). The van der Waals surface area contributed by atoms with Crippen molar-refractivity contribution in [1.29, 1.82) is 0 Å². The molecule has 0 radical (unpaired) electrons. The molecule has 0 aromatic carbocycles. The van der Waals surface area contributed by atoms with Crippen LogP contribution in [0.4, 0.5) is 5.82 Å². The quantitative estimate of drug-likeness (QED) is 0.429. The molecule has 138 valence electrons. The third kappa shape index (κ3) is 2.63. The normalized spacial score (nSPS) is 13.8. The molecule has 0 unspecified atom stereocenters. The van der Waals surface area contributed by atoms with Gasteiger partial charge >= 0.3 is 0 Å². The molecule has 1 N–H and O–H groups in total. The van der Waals surface area contributed by atoms with Crippen LogP contribution < -0.4 is 5.32 Å². The van der Waals surface area contributed by atoms with Crippen LogP contribution >= 0.6 is 0 Å². The summed E-state index contributed by atoms with van der Waals surface area (Å²) in [4.78, 5) is 36.3. The van der Waals surface area contributed by atoms with Gasteiger partial charge in [0.25, 0.3) is 0 Å². The highest BCUT2D eigenvalue weighted by Crippen LogP contribution is 2.34. The van der Waals surface area contributed by atoms with Gasteiger partial charge in [0.1, 0.15) is 17.2 Å². The van der Waals surface area contributed by atoms with E-state index in [9.17, 15) is 9.59 Å². The maximum atomic E-state index is 12.3. The van der Waals surface area contributed by atoms with E-state index in [1.54, 1.807) is 18.6 Å². The predicted molar refractivity (Wildman–Crippen MR) is 105 cm³/mol. The number of Topliss-reactive ketones (excluding diaryl/α,β-unsaturated/α-hetero) is 1. The molecule has 0 aliphatic heterocycles. The number of nitrogens with zero attached hydrogens (tertiary/aromatic N) is 4. The first kappa shape index (κ1) is 16.6. The maximum absolute atomic E-state index is 12.3. The molecule has 0 saturated heterocycles. The van der Waals surface area contributed by atoms with Gasteiger partial charge in [0.2, 0.25) is 6.41 Å². The van der Waals surface area contributed by atoms with E-state index in [2.05, 4.69) is 20.3 Å². The standard InChI is InChI=1S/C21H17N5O2/c1-12-6-17(20(28)13-2-3-13)23-10-16(12)15-7-14-9-24-19(25-11-27)8-18(14)26-5-4-22-21(15)26/h4-11,13H,2-3H2,1H3,(H,24,25,27). The summed E-state index contributed by atoms with van der Waals surface area (Å²) < 4.78 is 1.96. The Labute approximate surface area is 160 Å². The summed E-state index contributed by atoms with van der Waals surface area (Å²) in [5.41, 5.74) is 5.04. The molecule has 4 heterocycles.